The highest BCUT2D eigenvalue weighted by molar-refractivity contribution is 5.96. The van der Waals surface area contributed by atoms with Gasteiger partial charge in [0.25, 0.3) is 0 Å². The number of hydrogen-bond donors (Lipinski definition) is 0. The molecule has 1 aliphatic carbocycles. The van der Waals surface area contributed by atoms with Crippen LogP contribution in [0, 0.1) is 0 Å². The van der Waals surface area contributed by atoms with Crippen molar-refractivity contribution in [3.63, 3.8) is 0 Å². The van der Waals surface area contributed by atoms with E-state index in [0.717, 1.165) is 23.5 Å². The van der Waals surface area contributed by atoms with Crippen LogP contribution in [0.1, 0.15) is 53.1 Å². The summed E-state index contributed by atoms with van der Waals surface area (Å²) in [5.41, 5.74) is 3.34. The molecule has 0 N–H and O–H groups in total. The van der Waals surface area contributed by atoms with Crippen LogP contribution in [0.4, 0.5) is 0 Å². The second-order valence-electron chi connectivity index (χ2n) is 5.53. The standard InChI is InChI=1S/C18H19NO/c20-18(11-6-14-3-2-12-19-13-14)17-9-7-16(8-10-17)15-4-1-5-15/h2-3,7-10,12-13,15H,1,4-6,11H2. The molecule has 0 aliphatic heterocycles. The molecule has 0 bridgehead atoms. The van der Waals surface area contributed by atoms with E-state index in [0.29, 0.717) is 6.42 Å². The number of ketones is 1. The summed E-state index contributed by atoms with van der Waals surface area (Å²) in [5, 5.41) is 0. The summed E-state index contributed by atoms with van der Waals surface area (Å²) >= 11 is 0. The number of carbonyl (C=O) groups excluding carboxylic acids is 1. The van der Waals surface area contributed by atoms with Gasteiger partial charge in [-0.3, -0.25) is 9.78 Å². The molecule has 0 radical (unpaired) electrons. The number of aryl methyl sites for hydroxylation is 1. The van der Waals surface area contributed by atoms with E-state index < -0.39 is 0 Å². The van der Waals surface area contributed by atoms with Crippen molar-refractivity contribution in [3.05, 3.63) is 65.5 Å². The molecule has 1 fully saturated rings. The minimum atomic E-state index is 0.217. The third-order valence-corrected chi connectivity index (χ3v) is 4.17. The maximum atomic E-state index is 12.2. The summed E-state index contributed by atoms with van der Waals surface area (Å²) in [5.74, 6) is 0.948. The van der Waals surface area contributed by atoms with Gasteiger partial charge >= 0.3 is 0 Å². The van der Waals surface area contributed by atoms with Crippen LogP contribution in [0.3, 0.4) is 0 Å². The molecule has 3 rings (SSSR count). The summed E-state index contributed by atoms with van der Waals surface area (Å²) in [6, 6.07) is 12.1. The second kappa shape index (κ2) is 6.00. The van der Waals surface area contributed by atoms with Crippen molar-refractivity contribution in [2.75, 3.05) is 0 Å². The number of rotatable bonds is 5. The summed E-state index contributed by atoms with van der Waals surface area (Å²) < 4.78 is 0. The predicted molar refractivity (Wildman–Crippen MR) is 79.9 cm³/mol. The summed E-state index contributed by atoms with van der Waals surface area (Å²) in [6.07, 6.45) is 8.84. The van der Waals surface area contributed by atoms with Crippen LogP contribution in [0.25, 0.3) is 0 Å². The number of carbonyl (C=O) groups is 1. The zero-order chi connectivity index (χ0) is 13.8. The van der Waals surface area contributed by atoms with E-state index in [2.05, 4.69) is 17.1 Å². The highest BCUT2D eigenvalue weighted by atomic mass is 16.1. The van der Waals surface area contributed by atoms with Crippen molar-refractivity contribution >= 4 is 5.78 Å². The number of nitrogens with zero attached hydrogens (tertiary/aromatic N) is 1. The van der Waals surface area contributed by atoms with E-state index in [1.807, 2.05) is 30.5 Å². The molecule has 1 aliphatic rings. The number of Topliss-reactive ketones (excluding diaryl/α,β-unsaturated/α-hetero) is 1. The van der Waals surface area contributed by atoms with E-state index in [9.17, 15) is 4.79 Å². The Labute approximate surface area is 119 Å². The van der Waals surface area contributed by atoms with E-state index in [-0.39, 0.29) is 5.78 Å². The van der Waals surface area contributed by atoms with Crippen LogP contribution in [-0.2, 0) is 6.42 Å². The number of benzene rings is 1. The molecule has 1 heterocycles. The van der Waals surface area contributed by atoms with Gasteiger partial charge < -0.3 is 0 Å². The Kier molecular flexibility index (Phi) is 3.91. The molecule has 0 saturated heterocycles. The molecule has 2 nitrogen and oxygen atoms in total. The molecule has 0 atom stereocenters. The quantitative estimate of drug-likeness (QED) is 0.760. The Morgan fingerprint density at radius 3 is 2.55 bits per heavy atom. The predicted octanol–water partition coefficient (Wildman–Crippen LogP) is 4.16. The van der Waals surface area contributed by atoms with E-state index in [4.69, 9.17) is 0 Å². The molecule has 2 heteroatoms. The lowest BCUT2D eigenvalue weighted by Crippen LogP contribution is -2.09. The fourth-order valence-electron chi connectivity index (χ4n) is 2.63. The van der Waals surface area contributed by atoms with Crippen LogP contribution in [0.5, 0.6) is 0 Å². The minimum Gasteiger partial charge on any atom is -0.294 e. The smallest absolute Gasteiger partial charge is 0.163 e. The summed E-state index contributed by atoms with van der Waals surface area (Å²) in [7, 11) is 0. The van der Waals surface area contributed by atoms with E-state index in [1.54, 1.807) is 6.20 Å². The molecule has 102 valence electrons. The molecule has 2 aromatic rings. The minimum absolute atomic E-state index is 0.217. The first-order valence-electron chi connectivity index (χ1n) is 7.35. The Hall–Kier alpha value is -1.96. The topological polar surface area (TPSA) is 30.0 Å². The van der Waals surface area contributed by atoms with Gasteiger partial charge in [0.1, 0.15) is 0 Å². The number of hydrogen-bond acceptors (Lipinski definition) is 2. The van der Waals surface area contributed by atoms with Crippen LogP contribution in [-0.4, -0.2) is 10.8 Å². The highest BCUT2D eigenvalue weighted by Crippen LogP contribution is 2.36. The summed E-state index contributed by atoms with van der Waals surface area (Å²) in [6.45, 7) is 0. The van der Waals surface area contributed by atoms with Crippen molar-refractivity contribution in [2.45, 2.75) is 38.0 Å². The molecule has 20 heavy (non-hydrogen) atoms. The fourth-order valence-corrected chi connectivity index (χ4v) is 2.63. The Balaban J connectivity index is 1.59. The van der Waals surface area contributed by atoms with Crippen molar-refractivity contribution < 1.29 is 4.79 Å². The fraction of sp³-hybridized carbons (Fsp3) is 0.333. The monoisotopic (exact) mass is 265 g/mol. The molecule has 1 saturated carbocycles. The maximum Gasteiger partial charge on any atom is 0.163 e. The summed E-state index contributed by atoms with van der Waals surface area (Å²) in [4.78, 5) is 16.2. The number of aromatic nitrogens is 1. The van der Waals surface area contributed by atoms with Crippen molar-refractivity contribution in [2.24, 2.45) is 0 Å². The average Bonchev–Trinajstić information content (AvgIpc) is 2.45. The lowest BCUT2D eigenvalue weighted by atomic mass is 9.80. The Morgan fingerprint density at radius 1 is 1.15 bits per heavy atom. The molecule has 1 aromatic heterocycles. The SMILES string of the molecule is O=C(CCc1cccnc1)c1ccc(C2CCC2)cc1. The molecule has 1 aromatic carbocycles. The van der Waals surface area contributed by atoms with Gasteiger partial charge in [-0.05, 0) is 42.4 Å². The van der Waals surface area contributed by atoms with Crippen molar-refractivity contribution in [1.82, 2.24) is 4.98 Å². The zero-order valence-electron chi connectivity index (χ0n) is 11.6. The van der Waals surface area contributed by atoms with Gasteiger partial charge in [-0.15, -0.1) is 0 Å². The Morgan fingerprint density at radius 2 is 1.95 bits per heavy atom. The zero-order valence-corrected chi connectivity index (χ0v) is 11.6. The number of pyridine rings is 1. The first kappa shape index (κ1) is 13.0. The molecular weight excluding hydrogens is 246 g/mol. The first-order valence-corrected chi connectivity index (χ1v) is 7.35. The van der Waals surface area contributed by atoms with Crippen LogP contribution in [0.2, 0.25) is 0 Å². The molecular formula is C18H19NO. The van der Waals surface area contributed by atoms with Gasteiger partial charge in [-0.1, -0.05) is 36.8 Å². The first-order chi connectivity index (χ1) is 9.83. The maximum absolute atomic E-state index is 12.2. The van der Waals surface area contributed by atoms with Gasteiger partial charge in [-0.25, -0.2) is 0 Å². The average molecular weight is 265 g/mol. The van der Waals surface area contributed by atoms with Crippen LogP contribution in [0.15, 0.2) is 48.8 Å². The second-order valence-corrected chi connectivity index (χ2v) is 5.53. The third kappa shape index (κ3) is 2.96. The van der Waals surface area contributed by atoms with Crippen LogP contribution < -0.4 is 0 Å². The molecule has 0 unspecified atom stereocenters. The van der Waals surface area contributed by atoms with Crippen molar-refractivity contribution in [3.8, 4) is 0 Å². The Bertz CT molecular complexity index is 570. The van der Waals surface area contributed by atoms with Gasteiger partial charge in [0.2, 0.25) is 0 Å². The van der Waals surface area contributed by atoms with Crippen molar-refractivity contribution in [1.29, 1.82) is 0 Å². The van der Waals surface area contributed by atoms with Gasteiger partial charge in [0.15, 0.2) is 5.78 Å². The lowest BCUT2D eigenvalue weighted by Gasteiger charge is -2.25. The molecule has 0 amide bonds. The lowest BCUT2D eigenvalue weighted by molar-refractivity contribution is 0.0983. The van der Waals surface area contributed by atoms with Gasteiger partial charge in [0, 0.05) is 24.4 Å². The molecule has 0 spiro atoms. The van der Waals surface area contributed by atoms with E-state index >= 15 is 0 Å². The van der Waals surface area contributed by atoms with Crippen LogP contribution >= 0.6 is 0 Å². The van der Waals surface area contributed by atoms with Gasteiger partial charge in [0.05, 0.1) is 0 Å². The largest absolute Gasteiger partial charge is 0.294 e. The normalized spacial score (nSPS) is 14.8. The third-order valence-electron chi connectivity index (χ3n) is 4.17. The van der Waals surface area contributed by atoms with E-state index in [1.165, 1.54) is 24.8 Å². The highest BCUT2D eigenvalue weighted by Gasteiger charge is 2.19. The van der Waals surface area contributed by atoms with Gasteiger partial charge in [-0.2, -0.15) is 0 Å².